The second kappa shape index (κ2) is 10.2. The van der Waals surface area contributed by atoms with Crippen molar-refractivity contribution in [1.29, 1.82) is 0 Å². The highest BCUT2D eigenvalue weighted by atomic mass is 32.2. The minimum atomic E-state index is -3.99. The van der Waals surface area contributed by atoms with Crippen molar-refractivity contribution in [3.63, 3.8) is 0 Å². The number of carbonyl (C=O) groups is 2. The summed E-state index contributed by atoms with van der Waals surface area (Å²) in [6.45, 7) is 0. The monoisotopic (exact) mass is 490 g/mol. The molecule has 1 unspecified atom stereocenters. The molecule has 0 saturated heterocycles. The van der Waals surface area contributed by atoms with Crippen LogP contribution in [0.2, 0.25) is 0 Å². The van der Waals surface area contributed by atoms with Crippen LogP contribution in [-0.4, -0.2) is 35.4 Å². The highest BCUT2D eigenvalue weighted by Crippen LogP contribution is 2.32. The van der Waals surface area contributed by atoms with Crippen LogP contribution in [0, 0.1) is 0 Å². The van der Waals surface area contributed by atoms with Crippen LogP contribution in [0.4, 0.5) is 17.3 Å². The number of benzene rings is 3. The number of amides is 1. The Bertz CT molecular complexity index is 1420. The third kappa shape index (κ3) is 5.74. The van der Waals surface area contributed by atoms with E-state index in [0.717, 1.165) is 0 Å². The van der Waals surface area contributed by atoms with Crippen molar-refractivity contribution >= 4 is 39.0 Å². The first-order chi connectivity index (χ1) is 16.8. The summed E-state index contributed by atoms with van der Waals surface area (Å²) in [5.74, 6) is -1.05. The Morgan fingerprint density at radius 2 is 1.69 bits per heavy atom. The number of aliphatic carboxylic acids is 1. The summed E-state index contributed by atoms with van der Waals surface area (Å²) >= 11 is 0. The molecule has 0 bridgehead atoms. The van der Waals surface area contributed by atoms with Crippen molar-refractivity contribution in [3.05, 3.63) is 102 Å². The Balaban J connectivity index is 1.50. The lowest BCUT2D eigenvalue weighted by atomic mass is 10.1. The van der Waals surface area contributed by atoms with E-state index < -0.39 is 27.5 Å². The number of H-pyrrole nitrogens is 1. The van der Waals surface area contributed by atoms with E-state index in [-0.39, 0.29) is 10.8 Å². The summed E-state index contributed by atoms with van der Waals surface area (Å²) in [6, 6.07) is 20.7. The summed E-state index contributed by atoms with van der Waals surface area (Å²) in [4.78, 5) is 31.0. The summed E-state index contributed by atoms with van der Waals surface area (Å²) in [7, 11) is -3.99. The fourth-order valence-electron chi connectivity index (χ4n) is 3.54. The molecule has 0 aliphatic heterocycles. The molecule has 0 aliphatic rings. The van der Waals surface area contributed by atoms with Crippen molar-refractivity contribution in [2.24, 2.45) is 0 Å². The summed E-state index contributed by atoms with van der Waals surface area (Å²) in [5.41, 5.74) is 1.85. The van der Waals surface area contributed by atoms with E-state index in [1.165, 1.54) is 24.3 Å². The lowest BCUT2D eigenvalue weighted by Gasteiger charge is -2.17. The molecular formula is C25H22N4O5S. The van der Waals surface area contributed by atoms with Crippen LogP contribution in [0.3, 0.4) is 0 Å². The van der Waals surface area contributed by atoms with Crippen LogP contribution in [0.15, 0.2) is 96.2 Å². The third-order valence-corrected chi connectivity index (χ3v) is 7.35. The van der Waals surface area contributed by atoms with Crippen molar-refractivity contribution in [1.82, 2.24) is 9.97 Å². The van der Waals surface area contributed by atoms with Gasteiger partial charge >= 0.3 is 5.97 Å². The number of imidazole rings is 1. The highest BCUT2D eigenvalue weighted by molar-refractivity contribution is 7.91. The van der Waals surface area contributed by atoms with Gasteiger partial charge in [0.15, 0.2) is 9.84 Å². The Morgan fingerprint density at radius 1 is 0.943 bits per heavy atom. The zero-order valence-corrected chi connectivity index (χ0v) is 19.2. The molecule has 10 heteroatoms. The number of carboxylic acids is 1. The van der Waals surface area contributed by atoms with Gasteiger partial charge in [0, 0.05) is 29.3 Å². The maximum absolute atomic E-state index is 13.2. The predicted octanol–water partition coefficient (Wildman–Crippen LogP) is 4.40. The molecule has 4 rings (SSSR count). The Morgan fingerprint density at radius 3 is 2.34 bits per heavy atom. The Hall–Kier alpha value is -4.44. The molecule has 1 amide bonds. The first-order valence-corrected chi connectivity index (χ1v) is 12.2. The van der Waals surface area contributed by atoms with Crippen LogP contribution in [0.5, 0.6) is 0 Å². The fourth-order valence-corrected chi connectivity index (χ4v) is 5.26. The van der Waals surface area contributed by atoms with Crippen LogP contribution < -0.4 is 10.6 Å². The number of carboxylic acid groups (broad SMARTS) is 1. The molecule has 3 aromatic carbocycles. The zero-order chi connectivity index (χ0) is 24.8. The average molecular weight is 491 g/mol. The normalized spacial score (nSPS) is 12.0. The van der Waals surface area contributed by atoms with Gasteiger partial charge in [0.1, 0.15) is 5.25 Å². The van der Waals surface area contributed by atoms with Crippen LogP contribution in [0.25, 0.3) is 0 Å². The van der Waals surface area contributed by atoms with Gasteiger partial charge in [-0.3, -0.25) is 9.59 Å². The molecule has 0 saturated carbocycles. The molecule has 4 N–H and O–H groups in total. The van der Waals surface area contributed by atoms with Crippen molar-refractivity contribution in [2.45, 2.75) is 16.6 Å². The standard InChI is InChI=1S/C25H22N4O5S/c30-23(31)16-22(17-5-2-1-3-6-17)35(33,34)21-11-9-19(10-12-21)28-24(32)18-7-4-8-20(15-18)29-25-26-13-14-27-25/h1-15,22H,16H2,(H,28,32)(H,30,31)(H2,26,27,29). The zero-order valence-electron chi connectivity index (χ0n) is 18.4. The van der Waals surface area contributed by atoms with E-state index in [0.29, 0.717) is 28.5 Å². The number of aromatic amines is 1. The number of aromatic nitrogens is 2. The maximum atomic E-state index is 13.2. The minimum absolute atomic E-state index is 0.0322. The number of nitrogens with one attached hydrogen (secondary N) is 3. The smallest absolute Gasteiger partial charge is 0.305 e. The van der Waals surface area contributed by atoms with Gasteiger partial charge in [-0.05, 0) is 48.0 Å². The third-order valence-electron chi connectivity index (χ3n) is 5.23. The molecule has 0 aliphatic carbocycles. The minimum Gasteiger partial charge on any atom is -0.481 e. The second-order valence-corrected chi connectivity index (χ2v) is 9.79. The number of sulfone groups is 1. The Labute approximate surface area is 201 Å². The lowest BCUT2D eigenvalue weighted by Crippen LogP contribution is -2.18. The SMILES string of the molecule is O=C(O)CC(c1ccccc1)S(=O)(=O)c1ccc(NC(=O)c2cccc(Nc3ncc[nH]3)c2)cc1. The first kappa shape index (κ1) is 23.7. The molecule has 0 spiro atoms. The van der Waals surface area contributed by atoms with E-state index in [1.54, 1.807) is 67.0 Å². The number of hydrogen-bond donors (Lipinski definition) is 4. The average Bonchev–Trinajstić information content (AvgIpc) is 3.36. The highest BCUT2D eigenvalue weighted by Gasteiger charge is 2.31. The van der Waals surface area contributed by atoms with Gasteiger partial charge in [0.25, 0.3) is 5.91 Å². The molecule has 4 aromatic rings. The summed E-state index contributed by atoms with van der Waals surface area (Å²) in [5, 5.41) is 13.8. The van der Waals surface area contributed by atoms with E-state index in [1.807, 2.05) is 0 Å². The van der Waals surface area contributed by atoms with Gasteiger partial charge in [-0.15, -0.1) is 0 Å². The van der Waals surface area contributed by atoms with E-state index >= 15 is 0 Å². The van der Waals surface area contributed by atoms with Gasteiger partial charge in [0.2, 0.25) is 5.95 Å². The Kier molecular flexibility index (Phi) is 6.93. The molecular weight excluding hydrogens is 468 g/mol. The van der Waals surface area contributed by atoms with Gasteiger partial charge in [-0.25, -0.2) is 13.4 Å². The van der Waals surface area contributed by atoms with Gasteiger partial charge in [0.05, 0.1) is 11.3 Å². The van der Waals surface area contributed by atoms with E-state index in [9.17, 15) is 23.1 Å². The van der Waals surface area contributed by atoms with Gasteiger partial charge in [-0.1, -0.05) is 36.4 Å². The largest absolute Gasteiger partial charge is 0.481 e. The number of anilines is 3. The van der Waals surface area contributed by atoms with Crippen molar-refractivity contribution < 1.29 is 23.1 Å². The topological polar surface area (TPSA) is 141 Å². The van der Waals surface area contributed by atoms with Crippen molar-refractivity contribution in [3.8, 4) is 0 Å². The van der Waals surface area contributed by atoms with Gasteiger partial charge < -0.3 is 20.7 Å². The quantitative estimate of drug-likeness (QED) is 0.272. The molecule has 0 fully saturated rings. The van der Waals surface area contributed by atoms with Crippen LogP contribution >= 0.6 is 0 Å². The molecule has 35 heavy (non-hydrogen) atoms. The first-order valence-electron chi connectivity index (χ1n) is 10.6. The molecule has 178 valence electrons. The molecule has 1 atom stereocenters. The lowest BCUT2D eigenvalue weighted by molar-refractivity contribution is -0.137. The fraction of sp³-hybridized carbons (Fsp3) is 0.0800. The summed E-state index contributed by atoms with van der Waals surface area (Å²) < 4.78 is 26.5. The van der Waals surface area contributed by atoms with E-state index in [2.05, 4.69) is 20.6 Å². The number of rotatable bonds is 9. The predicted molar refractivity (Wildman–Crippen MR) is 131 cm³/mol. The molecule has 0 radical (unpaired) electrons. The maximum Gasteiger partial charge on any atom is 0.305 e. The van der Waals surface area contributed by atoms with Crippen LogP contribution in [-0.2, 0) is 14.6 Å². The summed E-state index contributed by atoms with van der Waals surface area (Å²) in [6.07, 6.45) is 2.71. The van der Waals surface area contributed by atoms with Gasteiger partial charge in [-0.2, -0.15) is 0 Å². The number of carbonyl (C=O) groups excluding carboxylic acids is 1. The molecule has 1 heterocycles. The molecule has 1 aromatic heterocycles. The number of nitrogens with zero attached hydrogens (tertiary/aromatic N) is 1. The molecule has 9 nitrogen and oxygen atoms in total. The van der Waals surface area contributed by atoms with E-state index in [4.69, 9.17) is 0 Å². The van der Waals surface area contributed by atoms with Crippen LogP contribution in [0.1, 0.15) is 27.6 Å². The second-order valence-electron chi connectivity index (χ2n) is 7.66. The number of hydrogen-bond acceptors (Lipinski definition) is 6. The van der Waals surface area contributed by atoms with Crippen molar-refractivity contribution in [2.75, 3.05) is 10.6 Å².